The van der Waals surface area contributed by atoms with Crippen molar-refractivity contribution in [2.45, 2.75) is 20.1 Å². The first-order valence-electron chi connectivity index (χ1n) is 9.50. The highest BCUT2D eigenvalue weighted by atomic mass is 16.5. The molecule has 0 spiro atoms. The summed E-state index contributed by atoms with van der Waals surface area (Å²) in [4.78, 5) is 14.4. The molecule has 0 bridgehead atoms. The third-order valence-corrected chi connectivity index (χ3v) is 4.60. The van der Waals surface area contributed by atoms with Crippen LogP contribution in [0.1, 0.15) is 16.8 Å². The fourth-order valence-electron chi connectivity index (χ4n) is 3.12. The van der Waals surface area contributed by atoms with E-state index in [0.29, 0.717) is 24.1 Å². The van der Waals surface area contributed by atoms with Gasteiger partial charge in [0.1, 0.15) is 6.61 Å². The Morgan fingerprint density at radius 3 is 2.68 bits per heavy atom. The summed E-state index contributed by atoms with van der Waals surface area (Å²) in [7, 11) is 0. The lowest BCUT2D eigenvalue weighted by atomic mass is 10.2. The van der Waals surface area contributed by atoms with Crippen LogP contribution in [0.15, 0.2) is 48.8 Å². The minimum Gasteiger partial charge on any atom is -0.485 e. The van der Waals surface area contributed by atoms with Gasteiger partial charge in [-0.15, -0.1) is 0 Å². The van der Waals surface area contributed by atoms with Gasteiger partial charge in [-0.1, -0.05) is 30.3 Å². The monoisotopic (exact) mass is 379 g/mol. The number of nitrogens with zero attached hydrogens (tertiary/aromatic N) is 3. The molecule has 1 aromatic carbocycles. The van der Waals surface area contributed by atoms with Crippen molar-refractivity contribution in [3.05, 3.63) is 65.6 Å². The van der Waals surface area contributed by atoms with E-state index in [1.165, 1.54) is 0 Å². The van der Waals surface area contributed by atoms with Gasteiger partial charge in [-0.3, -0.25) is 4.90 Å². The highest BCUT2D eigenvalue weighted by Gasteiger charge is 2.14. The molecule has 3 aromatic rings. The lowest BCUT2D eigenvalue weighted by molar-refractivity contribution is 0.0341. The minimum absolute atomic E-state index is 0.482. The molecule has 1 saturated heterocycles. The summed E-state index contributed by atoms with van der Waals surface area (Å²) in [5.41, 5.74) is 3.21. The van der Waals surface area contributed by atoms with Crippen LogP contribution in [-0.2, 0) is 17.9 Å². The summed E-state index contributed by atoms with van der Waals surface area (Å²) >= 11 is 0. The second kappa shape index (κ2) is 8.86. The molecule has 0 saturated carbocycles. The third-order valence-electron chi connectivity index (χ3n) is 4.60. The molecule has 1 aliphatic rings. The van der Waals surface area contributed by atoms with E-state index in [2.05, 4.69) is 31.2 Å². The second-order valence-electron chi connectivity index (χ2n) is 6.89. The fourth-order valence-corrected chi connectivity index (χ4v) is 3.12. The first-order chi connectivity index (χ1) is 13.8. The van der Waals surface area contributed by atoms with Crippen molar-refractivity contribution in [2.24, 2.45) is 0 Å². The Kier molecular flexibility index (Phi) is 5.84. The number of hydrogen-bond donors (Lipinski definition) is 2. The maximum Gasteiger partial charge on any atom is 0.206 e. The molecule has 3 heterocycles. The van der Waals surface area contributed by atoms with Crippen molar-refractivity contribution < 1.29 is 9.47 Å². The van der Waals surface area contributed by atoms with Crippen molar-refractivity contribution >= 4 is 11.8 Å². The lowest BCUT2D eigenvalue weighted by Crippen LogP contribution is -2.35. The van der Waals surface area contributed by atoms with Crippen LogP contribution < -0.4 is 10.1 Å². The SMILES string of the molecule is Cc1cnc(Nc2ncc(CN3CCOCC3)cc2OCc2ccccc2)[nH]1. The summed E-state index contributed by atoms with van der Waals surface area (Å²) in [6.45, 7) is 6.71. The average molecular weight is 379 g/mol. The van der Waals surface area contributed by atoms with E-state index < -0.39 is 0 Å². The van der Waals surface area contributed by atoms with E-state index in [-0.39, 0.29) is 0 Å². The van der Waals surface area contributed by atoms with Crippen molar-refractivity contribution in [3.63, 3.8) is 0 Å². The number of aryl methyl sites for hydroxylation is 1. The number of H-pyrrole nitrogens is 1. The molecule has 1 fully saturated rings. The average Bonchev–Trinajstić information content (AvgIpc) is 3.14. The molecular formula is C21H25N5O2. The molecule has 4 rings (SSSR count). The van der Waals surface area contributed by atoms with Gasteiger partial charge in [0.15, 0.2) is 11.6 Å². The van der Waals surface area contributed by atoms with Crippen molar-refractivity contribution in [1.82, 2.24) is 19.9 Å². The van der Waals surface area contributed by atoms with Gasteiger partial charge in [-0.2, -0.15) is 0 Å². The first-order valence-corrected chi connectivity index (χ1v) is 9.50. The van der Waals surface area contributed by atoms with Crippen LogP contribution in [-0.4, -0.2) is 46.2 Å². The number of rotatable bonds is 7. The third kappa shape index (κ3) is 4.88. The number of aromatic amines is 1. The number of imidazole rings is 1. The molecule has 0 amide bonds. The standard InChI is InChI=1S/C21H25N5O2/c1-16-12-23-21(24-16)25-20-19(28-15-17-5-3-2-4-6-17)11-18(13-22-20)14-26-7-9-27-10-8-26/h2-6,11-13H,7-10,14-15H2,1H3,(H2,22,23,24,25). The fraction of sp³-hybridized carbons (Fsp3) is 0.333. The molecule has 28 heavy (non-hydrogen) atoms. The van der Waals surface area contributed by atoms with Gasteiger partial charge < -0.3 is 19.8 Å². The Labute approximate surface area is 164 Å². The zero-order valence-corrected chi connectivity index (χ0v) is 16.0. The van der Waals surface area contributed by atoms with Crippen LogP contribution in [0, 0.1) is 6.92 Å². The maximum atomic E-state index is 6.12. The predicted octanol–water partition coefficient (Wildman–Crippen LogP) is 3.27. The van der Waals surface area contributed by atoms with E-state index in [4.69, 9.17) is 9.47 Å². The Morgan fingerprint density at radius 1 is 1.11 bits per heavy atom. The van der Waals surface area contributed by atoms with Gasteiger partial charge in [0, 0.05) is 37.7 Å². The highest BCUT2D eigenvalue weighted by Crippen LogP contribution is 2.27. The quantitative estimate of drug-likeness (QED) is 0.656. The number of benzene rings is 1. The van der Waals surface area contributed by atoms with Crippen molar-refractivity contribution in [1.29, 1.82) is 0 Å². The van der Waals surface area contributed by atoms with Crippen LogP contribution in [0.5, 0.6) is 5.75 Å². The molecule has 0 aliphatic carbocycles. The predicted molar refractivity (Wildman–Crippen MR) is 108 cm³/mol. The van der Waals surface area contributed by atoms with E-state index >= 15 is 0 Å². The molecule has 2 aromatic heterocycles. The van der Waals surface area contributed by atoms with Gasteiger partial charge in [0.05, 0.1) is 13.2 Å². The van der Waals surface area contributed by atoms with Crippen LogP contribution >= 0.6 is 0 Å². The minimum atomic E-state index is 0.482. The Balaban J connectivity index is 1.53. The summed E-state index contributed by atoms with van der Waals surface area (Å²) < 4.78 is 11.6. The van der Waals surface area contributed by atoms with E-state index in [1.807, 2.05) is 43.5 Å². The molecule has 1 aliphatic heterocycles. The Bertz CT molecular complexity index is 891. The largest absolute Gasteiger partial charge is 0.485 e. The second-order valence-corrected chi connectivity index (χ2v) is 6.89. The number of aromatic nitrogens is 3. The molecule has 0 unspecified atom stereocenters. The van der Waals surface area contributed by atoms with Crippen LogP contribution in [0.4, 0.5) is 11.8 Å². The number of hydrogen-bond acceptors (Lipinski definition) is 6. The van der Waals surface area contributed by atoms with Gasteiger partial charge in [0.25, 0.3) is 0 Å². The van der Waals surface area contributed by atoms with Crippen LogP contribution in [0.2, 0.25) is 0 Å². The molecular weight excluding hydrogens is 354 g/mol. The van der Waals surface area contributed by atoms with E-state index in [0.717, 1.165) is 49.7 Å². The van der Waals surface area contributed by atoms with Gasteiger partial charge in [-0.05, 0) is 24.1 Å². The molecule has 2 N–H and O–H groups in total. The van der Waals surface area contributed by atoms with Gasteiger partial charge >= 0.3 is 0 Å². The lowest BCUT2D eigenvalue weighted by Gasteiger charge is -2.26. The first kappa shape index (κ1) is 18.5. The number of morpholine rings is 1. The van der Waals surface area contributed by atoms with Crippen molar-refractivity contribution in [2.75, 3.05) is 31.6 Å². The molecule has 0 radical (unpaired) electrons. The molecule has 0 atom stereocenters. The topological polar surface area (TPSA) is 75.3 Å². The maximum absolute atomic E-state index is 6.12. The molecule has 146 valence electrons. The van der Waals surface area contributed by atoms with Crippen LogP contribution in [0.25, 0.3) is 0 Å². The Morgan fingerprint density at radius 2 is 1.93 bits per heavy atom. The van der Waals surface area contributed by atoms with Crippen LogP contribution in [0.3, 0.4) is 0 Å². The van der Waals surface area contributed by atoms with Gasteiger partial charge in [0.2, 0.25) is 5.95 Å². The van der Waals surface area contributed by atoms with Gasteiger partial charge in [-0.25, -0.2) is 9.97 Å². The molecule has 7 nitrogen and oxygen atoms in total. The number of ether oxygens (including phenoxy) is 2. The number of nitrogens with one attached hydrogen (secondary N) is 2. The van der Waals surface area contributed by atoms with E-state index in [9.17, 15) is 0 Å². The number of pyridine rings is 1. The Hall–Kier alpha value is -2.90. The van der Waals surface area contributed by atoms with E-state index in [1.54, 1.807) is 6.20 Å². The van der Waals surface area contributed by atoms with Crippen molar-refractivity contribution in [3.8, 4) is 5.75 Å². The molecule has 7 heteroatoms. The number of anilines is 2. The zero-order chi connectivity index (χ0) is 19.2. The highest BCUT2D eigenvalue weighted by molar-refractivity contribution is 5.58. The summed E-state index contributed by atoms with van der Waals surface area (Å²) in [6.07, 6.45) is 3.67. The summed E-state index contributed by atoms with van der Waals surface area (Å²) in [6, 6.07) is 12.2. The zero-order valence-electron chi connectivity index (χ0n) is 16.0. The smallest absolute Gasteiger partial charge is 0.206 e. The summed E-state index contributed by atoms with van der Waals surface area (Å²) in [5, 5.41) is 3.22. The normalized spacial score (nSPS) is 14.8. The summed E-state index contributed by atoms with van der Waals surface area (Å²) in [5.74, 6) is 2.01.